The second-order valence-electron chi connectivity index (χ2n) is 3.52. The van der Waals surface area contributed by atoms with Gasteiger partial charge in [-0.3, -0.25) is 4.79 Å². The molecular weight excluding hydrogens is 186 g/mol. The number of rotatable bonds is 4. The van der Waals surface area contributed by atoms with E-state index in [1.165, 1.54) is 0 Å². The molecule has 0 saturated carbocycles. The lowest BCUT2D eigenvalue weighted by molar-refractivity contribution is -0.114. The number of hydrogen-bond acceptors (Lipinski definition) is 2. The van der Waals surface area contributed by atoms with Crippen molar-refractivity contribution in [3.8, 4) is 0 Å². The molecule has 0 unspecified atom stereocenters. The van der Waals surface area contributed by atoms with Crippen LogP contribution >= 0.6 is 0 Å². The highest BCUT2D eigenvalue weighted by molar-refractivity contribution is 6.87. The van der Waals surface area contributed by atoms with Gasteiger partial charge < -0.3 is 9.85 Å². The molecule has 0 saturated heterocycles. The summed E-state index contributed by atoms with van der Waals surface area (Å²) in [4.78, 5) is 10.8. The van der Waals surface area contributed by atoms with Gasteiger partial charge in [-0.15, -0.1) is 0 Å². The zero-order valence-electron chi connectivity index (χ0n) is 8.18. The first-order valence-electron chi connectivity index (χ1n) is 3.94. The van der Waals surface area contributed by atoms with E-state index in [4.69, 9.17) is 9.85 Å². The molecule has 0 rings (SSSR count). The van der Waals surface area contributed by atoms with Crippen molar-refractivity contribution >= 4 is 23.3 Å². The number of nitrogens with two attached hydrogens (primary N) is 1. The molecule has 0 radical (unpaired) electrons. The zero-order valence-corrected chi connectivity index (χ0v) is 10.3. The molecule has 5 heteroatoms. The Kier molecular flexibility index (Phi) is 3.88. The monoisotopic (exact) mass is 203 g/mol. The van der Waals surface area contributed by atoms with Gasteiger partial charge >= 0.3 is 0 Å². The van der Waals surface area contributed by atoms with Gasteiger partial charge in [0.25, 0.3) is 0 Å². The van der Waals surface area contributed by atoms with E-state index in [0.29, 0.717) is 5.20 Å². The molecule has 12 heavy (non-hydrogen) atoms. The lowest BCUT2D eigenvalue weighted by Gasteiger charge is -2.25. The summed E-state index contributed by atoms with van der Waals surface area (Å²) in [7, 11) is -3.14. The number of amides is 1. The average molecular weight is 203 g/mol. The highest BCUT2D eigenvalue weighted by Crippen LogP contribution is 2.15. The molecule has 0 aliphatic carbocycles. The third-order valence-corrected chi connectivity index (χ3v) is 7.50. The van der Waals surface area contributed by atoms with Crippen LogP contribution in [-0.2, 0) is 8.91 Å². The standard InChI is InChI=1S/C7H17NO2Si2/c1-6(7(8)9)12(4,5)10-11(2)3/h11H,1H2,2-5H3,(H2,8,9). The van der Waals surface area contributed by atoms with E-state index in [0.717, 1.165) is 0 Å². The summed E-state index contributed by atoms with van der Waals surface area (Å²) in [5.41, 5.74) is 5.13. The van der Waals surface area contributed by atoms with Crippen molar-refractivity contribution in [1.82, 2.24) is 0 Å². The smallest absolute Gasteiger partial charge is 0.242 e. The summed E-state index contributed by atoms with van der Waals surface area (Å²) in [6.07, 6.45) is 0. The van der Waals surface area contributed by atoms with Crippen LogP contribution in [0.4, 0.5) is 0 Å². The lowest BCUT2D eigenvalue weighted by Crippen LogP contribution is -2.42. The maximum absolute atomic E-state index is 10.8. The molecule has 0 heterocycles. The molecule has 0 fully saturated rings. The van der Waals surface area contributed by atoms with Crippen molar-refractivity contribution in [2.24, 2.45) is 5.73 Å². The van der Waals surface area contributed by atoms with Crippen LogP contribution in [0.1, 0.15) is 0 Å². The summed E-state index contributed by atoms with van der Waals surface area (Å²) in [6, 6.07) is 0. The second kappa shape index (κ2) is 4.02. The fourth-order valence-corrected chi connectivity index (χ4v) is 6.83. The zero-order chi connectivity index (χ0) is 9.94. The van der Waals surface area contributed by atoms with Crippen LogP contribution in [0.3, 0.4) is 0 Å². The molecule has 0 aromatic heterocycles. The van der Waals surface area contributed by atoms with Crippen LogP contribution in [0.25, 0.3) is 0 Å². The summed E-state index contributed by atoms with van der Waals surface area (Å²) in [5, 5.41) is 0.476. The van der Waals surface area contributed by atoms with Crippen LogP contribution < -0.4 is 5.73 Å². The van der Waals surface area contributed by atoms with Crippen molar-refractivity contribution in [2.45, 2.75) is 26.2 Å². The largest absolute Gasteiger partial charge is 0.455 e. The maximum atomic E-state index is 10.8. The second-order valence-corrected chi connectivity index (χ2v) is 10.2. The third-order valence-electron chi connectivity index (χ3n) is 1.55. The van der Waals surface area contributed by atoms with Crippen LogP contribution in [0.2, 0.25) is 26.2 Å². The van der Waals surface area contributed by atoms with E-state index < -0.39 is 23.3 Å². The Hall–Kier alpha value is -0.396. The molecule has 0 atom stereocenters. The predicted molar refractivity (Wildman–Crippen MR) is 55.8 cm³/mol. The molecule has 3 nitrogen and oxygen atoms in total. The van der Waals surface area contributed by atoms with Gasteiger partial charge in [0.2, 0.25) is 14.2 Å². The SMILES string of the molecule is C=C(C(N)=O)[Si](C)(C)O[SiH](C)C. The van der Waals surface area contributed by atoms with Crippen LogP contribution in [0.5, 0.6) is 0 Å². The first kappa shape index (κ1) is 11.6. The number of carbonyl (C=O) groups excluding carboxylic acids is 1. The van der Waals surface area contributed by atoms with Crippen LogP contribution in [-0.4, -0.2) is 23.3 Å². The average Bonchev–Trinajstić information content (AvgIpc) is 1.82. The van der Waals surface area contributed by atoms with E-state index in [1.54, 1.807) is 0 Å². The van der Waals surface area contributed by atoms with Crippen molar-refractivity contribution in [1.29, 1.82) is 0 Å². The topological polar surface area (TPSA) is 52.3 Å². The Morgan fingerprint density at radius 1 is 1.50 bits per heavy atom. The van der Waals surface area contributed by atoms with Gasteiger partial charge in [-0.25, -0.2) is 0 Å². The molecule has 1 amide bonds. The van der Waals surface area contributed by atoms with Crippen molar-refractivity contribution in [3.63, 3.8) is 0 Å². The van der Waals surface area contributed by atoms with E-state index in [2.05, 4.69) is 19.7 Å². The van der Waals surface area contributed by atoms with E-state index in [9.17, 15) is 4.79 Å². The number of carbonyl (C=O) groups is 1. The Morgan fingerprint density at radius 3 is 2.17 bits per heavy atom. The van der Waals surface area contributed by atoms with Gasteiger partial charge in [0, 0.05) is 5.20 Å². The summed E-state index contributed by atoms with van der Waals surface area (Å²) in [5.74, 6) is -0.429. The highest BCUT2D eigenvalue weighted by Gasteiger charge is 2.30. The molecule has 0 aliphatic rings. The molecular formula is C7H17NO2Si2. The fraction of sp³-hybridized carbons (Fsp3) is 0.571. The molecule has 70 valence electrons. The first-order chi connectivity index (χ1) is 5.27. The Labute approximate surface area is 76.5 Å². The lowest BCUT2D eigenvalue weighted by atomic mass is 10.6. The number of primary amides is 1. The molecule has 0 aliphatic heterocycles. The van der Waals surface area contributed by atoms with Crippen LogP contribution in [0, 0.1) is 0 Å². The van der Waals surface area contributed by atoms with Crippen molar-refractivity contribution < 1.29 is 8.91 Å². The van der Waals surface area contributed by atoms with E-state index in [-0.39, 0.29) is 0 Å². The first-order valence-corrected chi connectivity index (χ1v) is 9.63. The minimum atomic E-state index is -2.04. The van der Waals surface area contributed by atoms with Gasteiger partial charge in [-0.1, -0.05) is 6.58 Å². The molecule has 0 aromatic carbocycles. The Bertz CT molecular complexity index is 202. The van der Waals surface area contributed by atoms with Gasteiger partial charge in [-0.2, -0.15) is 0 Å². The van der Waals surface area contributed by atoms with Gasteiger partial charge in [0.15, 0.2) is 9.04 Å². The van der Waals surface area contributed by atoms with Crippen molar-refractivity contribution in [2.75, 3.05) is 0 Å². The van der Waals surface area contributed by atoms with Gasteiger partial charge in [0.05, 0.1) is 0 Å². The minimum Gasteiger partial charge on any atom is -0.455 e. The number of hydrogen-bond donors (Lipinski definition) is 1. The van der Waals surface area contributed by atoms with E-state index in [1.807, 2.05) is 13.1 Å². The Balaban J connectivity index is 4.39. The fourth-order valence-electron chi connectivity index (χ4n) is 0.957. The maximum Gasteiger partial charge on any atom is 0.242 e. The van der Waals surface area contributed by atoms with E-state index >= 15 is 0 Å². The molecule has 0 spiro atoms. The summed E-state index contributed by atoms with van der Waals surface area (Å²) >= 11 is 0. The summed E-state index contributed by atoms with van der Waals surface area (Å²) in [6.45, 7) is 11.7. The Morgan fingerprint density at radius 2 is 1.92 bits per heavy atom. The molecule has 2 N–H and O–H groups in total. The third kappa shape index (κ3) is 3.33. The molecule has 0 bridgehead atoms. The van der Waals surface area contributed by atoms with Crippen molar-refractivity contribution in [3.05, 3.63) is 11.8 Å². The highest BCUT2D eigenvalue weighted by atomic mass is 28.4. The van der Waals surface area contributed by atoms with Crippen LogP contribution in [0.15, 0.2) is 11.8 Å². The minimum absolute atomic E-state index is 0.429. The molecule has 0 aromatic rings. The normalized spacial score (nSPS) is 11.8. The predicted octanol–water partition coefficient (Wildman–Crippen LogP) is 0.772. The van der Waals surface area contributed by atoms with Gasteiger partial charge in [-0.05, 0) is 26.2 Å². The van der Waals surface area contributed by atoms with Gasteiger partial charge in [0.1, 0.15) is 0 Å². The quantitative estimate of drug-likeness (QED) is 0.542. The summed E-state index contributed by atoms with van der Waals surface area (Å²) < 4.78 is 5.74.